The number of carbonyl (C=O) groups excluding carboxylic acids is 1. The third-order valence-electron chi connectivity index (χ3n) is 5.64. The predicted octanol–water partition coefficient (Wildman–Crippen LogP) is 2.52. The van der Waals surface area contributed by atoms with Crippen molar-refractivity contribution in [2.45, 2.75) is 25.8 Å². The highest BCUT2D eigenvalue weighted by Gasteiger charge is 2.55. The van der Waals surface area contributed by atoms with E-state index in [1.54, 1.807) is 0 Å². The smallest absolute Gasteiger partial charge is 0.222 e. The van der Waals surface area contributed by atoms with Crippen LogP contribution in [-0.2, 0) is 11.3 Å². The topological polar surface area (TPSA) is 23.6 Å². The van der Waals surface area contributed by atoms with Gasteiger partial charge in [-0.25, -0.2) is 4.39 Å². The number of hydrogen-bond donors (Lipinski definition) is 0. The molecule has 3 atom stereocenters. The summed E-state index contributed by atoms with van der Waals surface area (Å²) < 4.78 is 12.9. The molecule has 3 fully saturated rings. The molecule has 0 bridgehead atoms. The third-order valence-corrected chi connectivity index (χ3v) is 5.64. The Morgan fingerprint density at radius 1 is 1.09 bits per heavy atom. The molecule has 3 aliphatic rings. The molecule has 0 N–H and O–H groups in total. The van der Waals surface area contributed by atoms with Crippen molar-refractivity contribution in [1.29, 1.82) is 0 Å². The Bertz CT molecular complexity index is 541. The van der Waals surface area contributed by atoms with Crippen LogP contribution >= 0.6 is 0 Å². The second kappa shape index (κ2) is 5.65. The zero-order chi connectivity index (χ0) is 15.1. The Hall–Kier alpha value is -1.42. The lowest BCUT2D eigenvalue weighted by Crippen LogP contribution is -2.30. The molecule has 1 saturated carbocycles. The summed E-state index contributed by atoms with van der Waals surface area (Å²) in [6.07, 6.45) is 3.11. The van der Waals surface area contributed by atoms with Crippen LogP contribution in [0.5, 0.6) is 0 Å². The van der Waals surface area contributed by atoms with Crippen LogP contribution in [0.1, 0.15) is 24.8 Å². The Kier molecular flexibility index (Phi) is 3.65. The van der Waals surface area contributed by atoms with E-state index in [2.05, 4.69) is 4.90 Å². The lowest BCUT2D eigenvalue weighted by Gasteiger charge is -2.20. The monoisotopic (exact) mass is 302 g/mol. The molecule has 0 radical (unpaired) electrons. The summed E-state index contributed by atoms with van der Waals surface area (Å²) in [6, 6.07) is 6.80. The molecule has 4 heteroatoms. The van der Waals surface area contributed by atoms with Gasteiger partial charge in [0.05, 0.1) is 0 Å². The van der Waals surface area contributed by atoms with Gasteiger partial charge in [-0.15, -0.1) is 0 Å². The van der Waals surface area contributed by atoms with Crippen molar-refractivity contribution in [2.75, 3.05) is 26.2 Å². The summed E-state index contributed by atoms with van der Waals surface area (Å²) in [7, 11) is 0. The van der Waals surface area contributed by atoms with Crippen LogP contribution in [0.15, 0.2) is 24.3 Å². The fourth-order valence-corrected chi connectivity index (χ4v) is 4.31. The molecule has 1 amide bonds. The van der Waals surface area contributed by atoms with Crippen LogP contribution in [0.25, 0.3) is 0 Å². The molecule has 3 nitrogen and oxygen atoms in total. The molecule has 2 saturated heterocycles. The van der Waals surface area contributed by atoms with Gasteiger partial charge >= 0.3 is 0 Å². The number of amides is 1. The number of halogens is 1. The summed E-state index contributed by atoms with van der Waals surface area (Å²) in [5.74, 6) is 2.26. The van der Waals surface area contributed by atoms with Crippen LogP contribution in [0.2, 0.25) is 0 Å². The summed E-state index contributed by atoms with van der Waals surface area (Å²) in [5.41, 5.74) is 1.17. The fourth-order valence-electron chi connectivity index (χ4n) is 4.31. The molecule has 0 spiro atoms. The largest absolute Gasteiger partial charge is 0.343 e. The number of fused-ring (bicyclic) bond motifs is 1. The lowest BCUT2D eigenvalue weighted by atomic mass is 10.1. The van der Waals surface area contributed by atoms with Crippen LogP contribution in [-0.4, -0.2) is 41.9 Å². The van der Waals surface area contributed by atoms with Gasteiger partial charge in [0.25, 0.3) is 0 Å². The van der Waals surface area contributed by atoms with Crippen LogP contribution < -0.4 is 0 Å². The first-order chi connectivity index (χ1) is 10.7. The van der Waals surface area contributed by atoms with Crippen molar-refractivity contribution in [3.05, 3.63) is 35.6 Å². The van der Waals surface area contributed by atoms with Gasteiger partial charge in [-0.3, -0.25) is 9.69 Å². The highest BCUT2D eigenvalue weighted by atomic mass is 19.1. The first kappa shape index (κ1) is 14.2. The Labute approximate surface area is 131 Å². The van der Waals surface area contributed by atoms with Crippen molar-refractivity contribution in [2.24, 2.45) is 17.8 Å². The van der Waals surface area contributed by atoms with E-state index in [0.29, 0.717) is 23.7 Å². The zero-order valence-electron chi connectivity index (χ0n) is 12.9. The van der Waals surface area contributed by atoms with Crippen molar-refractivity contribution >= 4 is 5.91 Å². The average molecular weight is 302 g/mol. The van der Waals surface area contributed by atoms with Crippen molar-refractivity contribution in [3.8, 4) is 0 Å². The minimum atomic E-state index is -0.173. The molecular formula is C18H23FN2O. The second-order valence-electron chi connectivity index (χ2n) is 7.10. The Balaban J connectivity index is 1.25. The maximum atomic E-state index is 12.9. The van der Waals surface area contributed by atoms with Gasteiger partial charge in [0, 0.05) is 39.1 Å². The molecule has 1 aromatic carbocycles. The minimum Gasteiger partial charge on any atom is -0.343 e. The van der Waals surface area contributed by atoms with Gasteiger partial charge in [-0.2, -0.15) is 0 Å². The van der Waals surface area contributed by atoms with E-state index in [0.717, 1.165) is 39.1 Å². The summed E-state index contributed by atoms with van der Waals surface area (Å²) >= 11 is 0. The summed E-state index contributed by atoms with van der Waals surface area (Å²) in [5, 5.41) is 0. The SMILES string of the molecule is O=C(CC1[C@H]2CN(Cc3ccc(F)cc3)C[C@@H]12)N1CCCC1. The first-order valence-corrected chi connectivity index (χ1v) is 8.45. The van der Waals surface area contributed by atoms with Gasteiger partial charge in [-0.1, -0.05) is 12.1 Å². The van der Waals surface area contributed by atoms with E-state index in [-0.39, 0.29) is 5.82 Å². The van der Waals surface area contributed by atoms with E-state index < -0.39 is 0 Å². The zero-order valence-corrected chi connectivity index (χ0v) is 12.9. The lowest BCUT2D eigenvalue weighted by molar-refractivity contribution is -0.130. The Morgan fingerprint density at radius 2 is 1.73 bits per heavy atom. The number of nitrogens with zero attached hydrogens (tertiary/aromatic N) is 2. The number of carbonyl (C=O) groups is 1. The second-order valence-corrected chi connectivity index (χ2v) is 7.10. The van der Waals surface area contributed by atoms with Crippen LogP contribution in [0, 0.1) is 23.6 Å². The average Bonchev–Trinajstić information content (AvgIpc) is 2.97. The van der Waals surface area contributed by atoms with Gasteiger partial charge in [0.2, 0.25) is 5.91 Å². The van der Waals surface area contributed by atoms with Gasteiger partial charge < -0.3 is 4.90 Å². The summed E-state index contributed by atoms with van der Waals surface area (Å²) in [6.45, 7) is 5.04. The van der Waals surface area contributed by atoms with E-state index >= 15 is 0 Å². The van der Waals surface area contributed by atoms with Crippen LogP contribution in [0.3, 0.4) is 0 Å². The van der Waals surface area contributed by atoms with Gasteiger partial charge in [0.15, 0.2) is 0 Å². The quantitative estimate of drug-likeness (QED) is 0.853. The maximum Gasteiger partial charge on any atom is 0.222 e. The predicted molar refractivity (Wildman–Crippen MR) is 82.6 cm³/mol. The van der Waals surface area contributed by atoms with Crippen molar-refractivity contribution in [1.82, 2.24) is 9.80 Å². The molecule has 2 aliphatic heterocycles. The molecule has 22 heavy (non-hydrogen) atoms. The van der Waals surface area contributed by atoms with E-state index in [1.165, 1.54) is 30.5 Å². The van der Waals surface area contributed by atoms with E-state index in [9.17, 15) is 9.18 Å². The van der Waals surface area contributed by atoms with E-state index in [1.807, 2.05) is 17.0 Å². The number of piperidine rings is 1. The fraction of sp³-hybridized carbons (Fsp3) is 0.611. The van der Waals surface area contributed by atoms with Crippen LogP contribution in [0.4, 0.5) is 4.39 Å². The molecule has 4 rings (SSSR count). The number of likely N-dealkylation sites (tertiary alicyclic amines) is 2. The molecule has 1 aromatic rings. The highest BCUT2D eigenvalue weighted by molar-refractivity contribution is 5.77. The normalized spacial score (nSPS) is 30.6. The minimum absolute atomic E-state index is 0.173. The maximum absolute atomic E-state index is 12.9. The van der Waals surface area contributed by atoms with Crippen molar-refractivity contribution < 1.29 is 9.18 Å². The highest BCUT2D eigenvalue weighted by Crippen LogP contribution is 2.54. The molecule has 1 aliphatic carbocycles. The molecule has 2 heterocycles. The first-order valence-electron chi connectivity index (χ1n) is 8.45. The standard InChI is InChI=1S/C18H23FN2O/c19-14-5-3-13(4-6-14)10-20-11-16-15(17(16)12-20)9-18(22)21-7-1-2-8-21/h3-6,15-17H,1-2,7-12H2/t15?,16-,17+. The van der Waals surface area contributed by atoms with Crippen molar-refractivity contribution in [3.63, 3.8) is 0 Å². The number of benzene rings is 1. The number of hydrogen-bond acceptors (Lipinski definition) is 2. The molecule has 0 aromatic heterocycles. The summed E-state index contributed by atoms with van der Waals surface area (Å²) in [4.78, 5) is 16.7. The number of rotatable bonds is 4. The van der Waals surface area contributed by atoms with E-state index in [4.69, 9.17) is 0 Å². The van der Waals surface area contributed by atoms with Gasteiger partial charge in [0.1, 0.15) is 5.82 Å². The van der Waals surface area contributed by atoms with Gasteiger partial charge in [-0.05, 0) is 48.3 Å². The third kappa shape index (κ3) is 2.76. The molecule has 1 unspecified atom stereocenters. The Morgan fingerprint density at radius 3 is 2.36 bits per heavy atom. The molecular weight excluding hydrogens is 279 g/mol. The molecule has 118 valence electrons.